The Bertz CT molecular complexity index is 606. The van der Waals surface area contributed by atoms with Crippen LogP contribution in [0.25, 0.3) is 0 Å². The predicted molar refractivity (Wildman–Crippen MR) is 76.3 cm³/mol. The number of amides is 1. The van der Waals surface area contributed by atoms with Gasteiger partial charge >= 0.3 is 0 Å². The normalized spacial score (nSPS) is 13.0. The zero-order valence-corrected chi connectivity index (χ0v) is 11.8. The minimum Gasteiger partial charge on any atom is -0.472 e. The Morgan fingerprint density at radius 3 is 3.05 bits per heavy atom. The Kier molecular flexibility index (Phi) is 4.61. The summed E-state index contributed by atoms with van der Waals surface area (Å²) in [6.07, 6.45) is 0. The molecule has 0 saturated carbocycles. The van der Waals surface area contributed by atoms with Crippen LogP contribution < -0.4 is 15.4 Å². The predicted octanol–water partition coefficient (Wildman–Crippen LogP) is 0.253. The Morgan fingerprint density at radius 2 is 2.36 bits per heavy atom. The molecule has 0 aromatic heterocycles. The van der Waals surface area contributed by atoms with Gasteiger partial charge < -0.3 is 25.1 Å². The van der Waals surface area contributed by atoms with Crippen molar-refractivity contribution in [3.63, 3.8) is 0 Å². The standard InChI is InChI=1S/C12H15N5O5/c1-14-12(13)15-8-2-3-10-9(6-8)11(18)16(7-21-10)4-5-22-17(19)20/h2-3,6H,4-5,7H2,1H3,(H3,13,14,15). The molecular weight excluding hydrogens is 294 g/mol. The number of guanidine groups is 1. The highest BCUT2D eigenvalue weighted by Gasteiger charge is 2.26. The molecule has 10 heteroatoms. The maximum absolute atomic E-state index is 12.3. The van der Waals surface area contributed by atoms with E-state index in [0.29, 0.717) is 17.0 Å². The summed E-state index contributed by atoms with van der Waals surface area (Å²) in [7, 11) is 1.60. The third-order valence-electron chi connectivity index (χ3n) is 2.95. The third kappa shape index (κ3) is 3.53. The van der Waals surface area contributed by atoms with E-state index < -0.39 is 5.09 Å². The van der Waals surface area contributed by atoms with Crippen molar-refractivity contribution in [2.75, 3.05) is 32.2 Å². The van der Waals surface area contributed by atoms with Crippen LogP contribution in [0, 0.1) is 15.5 Å². The van der Waals surface area contributed by atoms with Crippen molar-refractivity contribution in [1.82, 2.24) is 10.2 Å². The third-order valence-corrected chi connectivity index (χ3v) is 2.95. The minimum atomic E-state index is -0.908. The Morgan fingerprint density at radius 1 is 1.59 bits per heavy atom. The SMILES string of the molecule is CNC(=N)Nc1ccc2c(c1)C(=O)N(CCO[N+](=O)[O-])CO2. The van der Waals surface area contributed by atoms with Gasteiger partial charge in [0, 0.05) is 19.3 Å². The average Bonchev–Trinajstić information content (AvgIpc) is 2.49. The first kappa shape index (κ1) is 15.4. The molecule has 22 heavy (non-hydrogen) atoms. The van der Waals surface area contributed by atoms with Crippen molar-refractivity contribution in [3.05, 3.63) is 33.9 Å². The molecule has 0 atom stereocenters. The summed E-state index contributed by atoms with van der Waals surface area (Å²) in [6.45, 7) is -0.172. The fraction of sp³-hybridized carbons (Fsp3) is 0.333. The van der Waals surface area contributed by atoms with Crippen molar-refractivity contribution in [3.8, 4) is 5.75 Å². The van der Waals surface area contributed by atoms with Gasteiger partial charge in [-0.05, 0) is 18.2 Å². The van der Waals surface area contributed by atoms with Gasteiger partial charge in [-0.2, -0.15) is 0 Å². The van der Waals surface area contributed by atoms with Gasteiger partial charge in [-0.25, -0.2) is 0 Å². The molecule has 1 aromatic carbocycles. The van der Waals surface area contributed by atoms with Crippen LogP contribution in [0.5, 0.6) is 5.75 Å². The second kappa shape index (κ2) is 6.61. The first-order chi connectivity index (χ1) is 10.5. The lowest BCUT2D eigenvalue weighted by Crippen LogP contribution is -2.40. The van der Waals surface area contributed by atoms with Gasteiger partial charge in [-0.3, -0.25) is 10.2 Å². The maximum Gasteiger partial charge on any atom is 0.294 e. The van der Waals surface area contributed by atoms with E-state index in [0.717, 1.165) is 0 Å². The Hall–Kier alpha value is -3.04. The van der Waals surface area contributed by atoms with Crippen LogP contribution in [0.2, 0.25) is 0 Å². The van der Waals surface area contributed by atoms with Crippen LogP contribution >= 0.6 is 0 Å². The van der Waals surface area contributed by atoms with Gasteiger partial charge in [0.15, 0.2) is 12.7 Å². The van der Waals surface area contributed by atoms with Crippen molar-refractivity contribution >= 4 is 17.6 Å². The number of hydrogen-bond acceptors (Lipinski definition) is 6. The molecule has 0 unspecified atom stereocenters. The van der Waals surface area contributed by atoms with E-state index >= 15 is 0 Å². The topological polar surface area (TPSA) is 130 Å². The van der Waals surface area contributed by atoms with Crippen LogP contribution in [0.1, 0.15) is 10.4 Å². The highest BCUT2D eigenvalue weighted by atomic mass is 16.9. The molecule has 118 valence electrons. The number of carbonyl (C=O) groups excluding carboxylic acids is 1. The summed E-state index contributed by atoms with van der Waals surface area (Å²) in [6, 6.07) is 4.87. The fourth-order valence-electron chi connectivity index (χ4n) is 1.88. The van der Waals surface area contributed by atoms with Crippen molar-refractivity contribution in [2.45, 2.75) is 0 Å². The number of fused-ring (bicyclic) bond motifs is 1. The Labute approximate surface area is 125 Å². The van der Waals surface area contributed by atoms with E-state index in [2.05, 4.69) is 15.5 Å². The van der Waals surface area contributed by atoms with Gasteiger partial charge in [0.05, 0.1) is 5.56 Å². The number of benzene rings is 1. The van der Waals surface area contributed by atoms with Gasteiger partial charge in [0.2, 0.25) is 0 Å². The number of nitrogens with one attached hydrogen (secondary N) is 3. The molecule has 1 aliphatic rings. The van der Waals surface area contributed by atoms with Gasteiger partial charge in [-0.1, -0.05) is 0 Å². The van der Waals surface area contributed by atoms with Crippen LogP contribution in [0.4, 0.5) is 5.69 Å². The number of hydrogen-bond donors (Lipinski definition) is 3. The highest BCUT2D eigenvalue weighted by molar-refractivity contribution is 6.00. The molecule has 0 saturated heterocycles. The zero-order valence-electron chi connectivity index (χ0n) is 11.8. The summed E-state index contributed by atoms with van der Waals surface area (Å²) in [5.74, 6) is 0.200. The number of anilines is 1. The number of rotatable bonds is 5. The summed E-state index contributed by atoms with van der Waals surface area (Å²) < 4.78 is 5.43. The lowest BCUT2D eigenvalue weighted by molar-refractivity contribution is -0.757. The number of carbonyl (C=O) groups is 1. The minimum absolute atomic E-state index is 0.00597. The van der Waals surface area contributed by atoms with Gasteiger partial charge in [-0.15, -0.1) is 10.1 Å². The van der Waals surface area contributed by atoms with Crippen molar-refractivity contribution in [1.29, 1.82) is 5.41 Å². The molecule has 3 N–H and O–H groups in total. The van der Waals surface area contributed by atoms with E-state index in [1.807, 2.05) is 0 Å². The molecule has 2 rings (SSSR count). The van der Waals surface area contributed by atoms with E-state index in [1.54, 1.807) is 25.2 Å². The summed E-state index contributed by atoms with van der Waals surface area (Å²) in [5.41, 5.74) is 0.875. The van der Waals surface area contributed by atoms with Crippen LogP contribution in [0.15, 0.2) is 18.2 Å². The first-order valence-corrected chi connectivity index (χ1v) is 6.38. The molecule has 1 heterocycles. The molecule has 0 fully saturated rings. The maximum atomic E-state index is 12.3. The fourth-order valence-corrected chi connectivity index (χ4v) is 1.88. The van der Waals surface area contributed by atoms with Gasteiger partial charge in [0.1, 0.15) is 12.4 Å². The molecule has 1 amide bonds. The van der Waals surface area contributed by atoms with Crippen LogP contribution in [-0.4, -0.2) is 48.8 Å². The van der Waals surface area contributed by atoms with E-state index in [4.69, 9.17) is 10.1 Å². The molecule has 1 aliphatic heterocycles. The van der Waals surface area contributed by atoms with E-state index in [-0.39, 0.29) is 31.7 Å². The molecular formula is C12H15N5O5. The largest absolute Gasteiger partial charge is 0.472 e. The second-order valence-corrected chi connectivity index (χ2v) is 4.36. The molecule has 0 aliphatic carbocycles. The van der Waals surface area contributed by atoms with E-state index in [9.17, 15) is 14.9 Å². The monoisotopic (exact) mass is 309 g/mol. The Balaban J connectivity index is 2.08. The van der Waals surface area contributed by atoms with Crippen LogP contribution in [0.3, 0.4) is 0 Å². The second-order valence-electron chi connectivity index (χ2n) is 4.36. The molecule has 1 aromatic rings. The van der Waals surface area contributed by atoms with E-state index in [1.165, 1.54) is 4.90 Å². The summed E-state index contributed by atoms with van der Waals surface area (Å²) in [4.78, 5) is 27.9. The lowest BCUT2D eigenvalue weighted by atomic mass is 10.1. The lowest BCUT2D eigenvalue weighted by Gasteiger charge is -2.28. The average molecular weight is 309 g/mol. The number of nitrogens with zero attached hydrogens (tertiary/aromatic N) is 2. The van der Waals surface area contributed by atoms with Gasteiger partial charge in [0.25, 0.3) is 11.0 Å². The smallest absolute Gasteiger partial charge is 0.294 e. The van der Waals surface area contributed by atoms with Crippen LogP contribution in [-0.2, 0) is 4.84 Å². The quantitative estimate of drug-likeness (QED) is 0.308. The molecule has 10 nitrogen and oxygen atoms in total. The molecule has 0 radical (unpaired) electrons. The molecule has 0 bridgehead atoms. The summed E-state index contributed by atoms with van der Waals surface area (Å²) in [5, 5.41) is 22.1. The first-order valence-electron chi connectivity index (χ1n) is 6.38. The number of ether oxygens (including phenoxy) is 1. The summed E-state index contributed by atoms with van der Waals surface area (Å²) >= 11 is 0. The zero-order chi connectivity index (χ0) is 16.1. The van der Waals surface area contributed by atoms with Crippen molar-refractivity contribution in [2.24, 2.45) is 0 Å². The van der Waals surface area contributed by atoms with Crippen molar-refractivity contribution < 1.29 is 19.5 Å². The molecule has 0 spiro atoms. The highest BCUT2D eigenvalue weighted by Crippen LogP contribution is 2.27.